The lowest BCUT2D eigenvalue weighted by molar-refractivity contribution is 0.0598. The van der Waals surface area contributed by atoms with Crippen LogP contribution in [0.15, 0.2) is 36.4 Å². The lowest BCUT2D eigenvalue weighted by atomic mass is 9.85. The third-order valence-corrected chi connectivity index (χ3v) is 4.92. The summed E-state index contributed by atoms with van der Waals surface area (Å²) in [6.07, 6.45) is 0.694. The van der Waals surface area contributed by atoms with E-state index in [0.717, 1.165) is 11.1 Å². The lowest BCUT2D eigenvalue weighted by Gasteiger charge is -2.40. The standard InChI is InChI=1S/C21H24FNO3/c1-13(2)20-16-12-19(26-4)18(25-3)11-14(16)9-10-23(20)21(24)15-7-5-6-8-17(15)22/h5-8,11-13,20H,9-10H2,1-4H3. The van der Waals surface area contributed by atoms with Crippen LogP contribution >= 0.6 is 0 Å². The number of ether oxygens (including phenoxy) is 2. The Labute approximate surface area is 153 Å². The number of fused-ring (bicyclic) bond motifs is 1. The molecule has 5 heteroatoms. The van der Waals surface area contributed by atoms with Crippen LogP contribution in [0.2, 0.25) is 0 Å². The number of carbonyl (C=O) groups excluding carboxylic acids is 1. The molecule has 138 valence electrons. The van der Waals surface area contributed by atoms with Crippen molar-refractivity contribution in [1.82, 2.24) is 4.90 Å². The van der Waals surface area contributed by atoms with Crippen LogP contribution in [0.25, 0.3) is 0 Å². The van der Waals surface area contributed by atoms with Crippen LogP contribution < -0.4 is 9.47 Å². The van der Waals surface area contributed by atoms with Gasteiger partial charge in [0, 0.05) is 6.54 Å². The number of nitrogens with zero attached hydrogens (tertiary/aromatic N) is 1. The van der Waals surface area contributed by atoms with Crippen LogP contribution in [0.1, 0.15) is 41.4 Å². The predicted octanol–water partition coefficient (Wildman–Crippen LogP) is 4.24. The van der Waals surface area contributed by atoms with Gasteiger partial charge in [0.15, 0.2) is 11.5 Å². The van der Waals surface area contributed by atoms with E-state index in [-0.39, 0.29) is 23.4 Å². The molecule has 2 aromatic carbocycles. The number of hydrogen-bond donors (Lipinski definition) is 0. The molecule has 1 unspecified atom stereocenters. The van der Waals surface area contributed by atoms with Crippen LogP contribution in [0.5, 0.6) is 11.5 Å². The third-order valence-electron chi connectivity index (χ3n) is 4.92. The summed E-state index contributed by atoms with van der Waals surface area (Å²) < 4.78 is 25.0. The quantitative estimate of drug-likeness (QED) is 0.822. The molecule has 0 saturated heterocycles. The minimum atomic E-state index is -0.488. The van der Waals surface area contributed by atoms with Crippen LogP contribution in [-0.2, 0) is 6.42 Å². The first-order chi connectivity index (χ1) is 12.5. The number of benzene rings is 2. The fourth-order valence-corrected chi connectivity index (χ4v) is 3.71. The SMILES string of the molecule is COc1cc2c(cc1OC)C(C(C)C)N(C(=O)c1ccccc1F)CC2. The fourth-order valence-electron chi connectivity index (χ4n) is 3.71. The van der Waals surface area contributed by atoms with E-state index in [2.05, 4.69) is 13.8 Å². The largest absolute Gasteiger partial charge is 0.493 e. The van der Waals surface area contributed by atoms with Crippen molar-refractivity contribution in [2.24, 2.45) is 5.92 Å². The molecule has 4 nitrogen and oxygen atoms in total. The van der Waals surface area contributed by atoms with Gasteiger partial charge in [0.25, 0.3) is 5.91 Å². The van der Waals surface area contributed by atoms with E-state index in [1.54, 1.807) is 37.3 Å². The normalized spacial score (nSPS) is 16.4. The summed E-state index contributed by atoms with van der Waals surface area (Å²) >= 11 is 0. The van der Waals surface area contributed by atoms with E-state index >= 15 is 0 Å². The highest BCUT2D eigenvalue weighted by molar-refractivity contribution is 5.95. The number of hydrogen-bond acceptors (Lipinski definition) is 3. The molecule has 0 N–H and O–H groups in total. The number of amides is 1. The van der Waals surface area contributed by atoms with Crippen molar-refractivity contribution >= 4 is 5.91 Å². The van der Waals surface area contributed by atoms with Crippen molar-refractivity contribution < 1.29 is 18.7 Å². The van der Waals surface area contributed by atoms with Gasteiger partial charge >= 0.3 is 0 Å². The van der Waals surface area contributed by atoms with Gasteiger partial charge in [-0.15, -0.1) is 0 Å². The molecule has 0 saturated carbocycles. The third kappa shape index (κ3) is 3.14. The molecule has 0 spiro atoms. The van der Waals surface area contributed by atoms with Crippen molar-refractivity contribution in [1.29, 1.82) is 0 Å². The van der Waals surface area contributed by atoms with E-state index in [1.807, 2.05) is 12.1 Å². The summed E-state index contributed by atoms with van der Waals surface area (Å²) in [5.41, 5.74) is 2.29. The minimum absolute atomic E-state index is 0.113. The summed E-state index contributed by atoms with van der Waals surface area (Å²) in [5.74, 6) is 0.725. The maximum absolute atomic E-state index is 14.2. The predicted molar refractivity (Wildman–Crippen MR) is 98.3 cm³/mol. The van der Waals surface area contributed by atoms with Gasteiger partial charge in [-0.1, -0.05) is 26.0 Å². The highest BCUT2D eigenvalue weighted by atomic mass is 19.1. The first-order valence-corrected chi connectivity index (χ1v) is 8.78. The monoisotopic (exact) mass is 357 g/mol. The van der Waals surface area contributed by atoms with E-state index in [9.17, 15) is 9.18 Å². The average Bonchev–Trinajstić information content (AvgIpc) is 2.65. The Morgan fingerprint density at radius 1 is 1.15 bits per heavy atom. The summed E-state index contributed by atoms with van der Waals surface area (Å²) in [5, 5.41) is 0. The molecule has 1 amide bonds. The van der Waals surface area contributed by atoms with Crippen molar-refractivity contribution in [3.8, 4) is 11.5 Å². The Bertz CT molecular complexity index is 819. The zero-order valence-electron chi connectivity index (χ0n) is 15.6. The number of methoxy groups -OCH3 is 2. The van der Waals surface area contributed by atoms with Gasteiger partial charge in [-0.2, -0.15) is 0 Å². The Hall–Kier alpha value is -2.56. The zero-order valence-corrected chi connectivity index (χ0v) is 15.6. The molecule has 1 aliphatic heterocycles. The molecule has 1 atom stereocenters. The average molecular weight is 357 g/mol. The molecule has 0 bridgehead atoms. The van der Waals surface area contributed by atoms with Crippen LogP contribution in [-0.4, -0.2) is 31.6 Å². The van der Waals surface area contributed by atoms with Crippen LogP contribution in [0.4, 0.5) is 4.39 Å². The second-order valence-corrected chi connectivity index (χ2v) is 6.82. The number of carbonyl (C=O) groups is 1. The molecule has 0 fully saturated rings. The topological polar surface area (TPSA) is 38.8 Å². The van der Waals surface area contributed by atoms with Gasteiger partial charge in [0.1, 0.15) is 5.82 Å². The van der Waals surface area contributed by atoms with E-state index in [1.165, 1.54) is 6.07 Å². The molecule has 3 rings (SSSR count). The molecule has 0 radical (unpaired) electrons. The van der Waals surface area contributed by atoms with E-state index < -0.39 is 5.82 Å². The van der Waals surface area contributed by atoms with Crippen molar-refractivity contribution in [2.75, 3.05) is 20.8 Å². The Morgan fingerprint density at radius 2 is 1.81 bits per heavy atom. The fraction of sp³-hybridized carbons (Fsp3) is 0.381. The van der Waals surface area contributed by atoms with Crippen LogP contribution in [0, 0.1) is 11.7 Å². The second-order valence-electron chi connectivity index (χ2n) is 6.82. The van der Waals surface area contributed by atoms with E-state index in [0.29, 0.717) is 24.5 Å². The first-order valence-electron chi connectivity index (χ1n) is 8.78. The summed E-state index contributed by atoms with van der Waals surface area (Å²) in [6.45, 7) is 4.68. The second kappa shape index (κ2) is 7.36. The lowest BCUT2D eigenvalue weighted by Crippen LogP contribution is -2.42. The molecule has 1 aliphatic rings. The van der Waals surface area contributed by atoms with Crippen molar-refractivity contribution in [3.05, 3.63) is 58.9 Å². The molecule has 26 heavy (non-hydrogen) atoms. The Morgan fingerprint density at radius 3 is 2.42 bits per heavy atom. The number of rotatable bonds is 4. The Kier molecular flexibility index (Phi) is 5.16. The van der Waals surface area contributed by atoms with Gasteiger partial charge in [0.2, 0.25) is 0 Å². The minimum Gasteiger partial charge on any atom is -0.493 e. The van der Waals surface area contributed by atoms with Crippen molar-refractivity contribution in [3.63, 3.8) is 0 Å². The summed E-state index contributed by atoms with van der Waals surface area (Å²) in [4.78, 5) is 14.8. The van der Waals surface area contributed by atoms with E-state index in [4.69, 9.17) is 9.47 Å². The highest BCUT2D eigenvalue weighted by Crippen LogP contribution is 2.41. The van der Waals surface area contributed by atoms with Gasteiger partial charge in [-0.3, -0.25) is 4.79 Å². The smallest absolute Gasteiger partial charge is 0.257 e. The maximum Gasteiger partial charge on any atom is 0.257 e. The zero-order chi connectivity index (χ0) is 18.8. The van der Waals surface area contributed by atoms with Crippen molar-refractivity contribution in [2.45, 2.75) is 26.3 Å². The van der Waals surface area contributed by atoms with Gasteiger partial charge in [-0.25, -0.2) is 4.39 Å². The molecule has 2 aromatic rings. The molecule has 0 aliphatic carbocycles. The molecular weight excluding hydrogens is 333 g/mol. The maximum atomic E-state index is 14.2. The van der Waals surface area contributed by atoms with Gasteiger partial charge in [-0.05, 0) is 47.7 Å². The summed E-state index contributed by atoms with van der Waals surface area (Å²) in [7, 11) is 3.21. The number of halogens is 1. The van der Waals surface area contributed by atoms with Gasteiger partial charge < -0.3 is 14.4 Å². The first kappa shape index (κ1) is 18.2. The highest BCUT2D eigenvalue weighted by Gasteiger charge is 2.35. The molecule has 1 heterocycles. The van der Waals surface area contributed by atoms with Gasteiger partial charge in [0.05, 0.1) is 25.8 Å². The van der Waals surface area contributed by atoms with Crippen LogP contribution in [0.3, 0.4) is 0 Å². The molecular formula is C21H24FNO3. The summed E-state index contributed by atoms with van der Waals surface area (Å²) in [6, 6.07) is 9.92. The molecule has 0 aromatic heterocycles. The Balaban J connectivity index is 2.05.